The smallest absolute Gasteiger partial charge is 0.333 e. The molecule has 1 atom stereocenters. The molecule has 5 nitrogen and oxygen atoms in total. The summed E-state index contributed by atoms with van der Waals surface area (Å²) in [5, 5.41) is 2.62. The van der Waals surface area contributed by atoms with Crippen LogP contribution in [-0.4, -0.2) is 34.7 Å². The zero-order valence-electron chi connectivity index (χ0n) is 9.92. The number of hydrogen-bond acceptors (Lipinski definition) is 4. The van der Waals surface area contributed by atoms with E-state index in [1.165, 1.54) is 13.8 Å². The van der Waals surface area contributed by atoms with Gasteiger partial charge in [-0.05, 0) is 13.8 Å². The monoisotopic (exact) mass is 353 g/mol. The van der Waals surface area contributed by atoms with E-state index < -0.39 is 12.0 Å². The summed E-state index contributed by atoms with van der Waals surface area (Å²) in [7, 11) is 0. The maximum atomic E-state index is 11.2. The van der Waals surface area contributed by atoms with Crippen LogP contribution >= 0.6 is 22.6 Å². The summed E-state index contributed by atoms with van der Waals surface area (Å²) in [4.78, 5) is 33.4. The van der Waals surface area contributed by atoms with Crippen molar-refractivity contribution >= 4 is 40.3 Å². The maximum absolute atomic E-state index is 11.2. The lowest BCUT2D eigenvalue weighted by molar-refractivity contribution is -0.141. The summed E-state index contributed by atoms with van der Waals surface area (Å²) >= 11 is 1.91. The van der Waals surface area contributed by atoms with E-state index in [1.807, 2.05) is 22.6 Å². The first kappa shape index (κ1) is 16.1. The lowest BCUT2D eigenvalue weighted by Gasteiger charge is -2.16. The first-order valence-electron chi connectivity index (χ1n) is 5.04. The summed E-state index contributed by atoms with van der Waals surface area (Å²) in [5.41, 5.74) is 0.284. The van der Waals surface area contributed by atoms with Crippen molar-refractivity contribution in [3.05, 3.63) is 12.2 Å². The zero-order chi connectivity index (χ0) is 13.4. The SMILES string of the molecule is C=C(C)C(=O)OCC(CC(C)=O)NC(=O)CI. The Morgan fingerprint density at radius 2 is 1.94 bits per heavy atom. The Bertz CT molecular complexity index is 327. The van der Waals surface area contributed by atoms with E-state index in [1.54, 1.807) is 0 Å². The number of hydrogen-bond donors (Lipinski definition) is 1. The van der Waals surface area contributed by atoms with E-state index in [-0.39, 0.29) is 30.3 Å². The third kappa shape index (κ3) is 7.89. The molecule has 1 unspecified atom stereocenters. The number of halogens is 1. The second kappa shape index (κ2) is 8.21. The number of rotatable bonds is 7. The largest absolute Gasteiger partial charge is 0.460 e. The Labute approximate surface area is 114 Å². The predicted molar refractivity (Wildman–Crippen MR) is 71.9 cm³/mol. The Kier molecular flexibility index (Phi) is 7.77. The van der Waals surface area contributed by atoms with E-state index in [0.717, 1.165) is 0 Å². The van der Waals surface area contributed by atoms with Gasteiger partial charge in [0.1, 0.15) is 12.4 Å². The van der Waals surface area contributed by atoms with Gasteiger partial charge in [-0.3, -0.25) is 9.59 Å². The maximum Gasteiger partial charge on any atom is 0.333 e. The van der Waals surface area contributed by atoms with E-state index >= 15 is 0 Å². The quantitative estimate of drug-likeness (QED) is 0.321. The zero-order valence-corrected chi connectivity index (χ0v) is 12.1. The van der Waals surface area contributed by atoms with Crippen LogP contribution in [0.3, 0.4) is 0 Å². The van der Waals surface area contributed by atoms with Gasteiger partial charge in [0.05, 0.1) is 10.5 Å². The van der Waals surface area contributed by atoms with Gasteiger partial charge < -0.3 is 10.1 Å². The average molecular weight is 353 g/mol. The van der Waals surface area contributed by atoms with Gasteiger partial charge in [0.2, 0.25) is 5.91 Å². The third-order valence-corrected chi connectivity index (χ3v) is 2.48. The van der Waals surface area contributed by atoms with Crippen LogP contribution in [0, 0.1) is 0 Å². The van der Waals surface area contributed by atoms with Crippen LogP contribution in [0.5, 0.6) is 0 Å². The van der Waals surface area contributed by atoms with Crippen molar-refractivity contribution in [3.63, 3.8) is 0 Å². The van der Waals surface area contributed by atoms with Crippen LogP contribution in [0.1, 0.15) is 20.3 Å². The standard InChI is InChI=1S/C11H16INO4/c1-7(2)11(16)17-6-9(4-8(3)14)13-10(15)5-12/h9H,1,4-6H2,2-3H3,(H,13,15). The molecule has 0 aliphatic carbocycles. The fourth-order valence-electron chi connectivity index (χ4n) is 1.06. The molecule has 0 aromatic heterocycles. The minimum atomic E-state index is -0.526. The topological polar surface area (TPSA) is 72.5 Å². The van der Waals surface area contributed by atoms with Crippen LogP contribution in [0.4, 0.5) is 0 Å². The molecule has 0 saturated carbocycles. The third-order valence-electron chi connectivity index (χ3n) is 1.78. The molecule has 0 saturated heterocycles. The second-order valence-electron chi connectivity index (χ2n) is 3.68. The number of carbonyl (C=O) groups excluding carboxylic acids is 3. The van der Waals surface area contributed by atoms with Gasteiger partial charge in [-0.25, -0.2) is 4.79 Å². The summed E-state index contributed by atoms with van der Waals surface area (Å²) in [6.07, 6.45) is 0.145. The Hall–Kier alpha value is -0.920. The second-order valence-corrected chi connectivity index (χ2v) is 4.45. The van der Waals surface area contributed by atoms with Gasteiger partial charge in [-0.15, -0.1) is 0 Å². The van der Waals surface area contributed by atoms with Crippen molar-refractivity contribution in [2.75, 3.05) is 11.0 Å². The molecule has 0 fully saturated rings. The number of ketones is 1. The number of alkyl halides is 1. The van der Waals surface area contributed by atoms with E-state index in [2.05, 4.69) is 11.9 Å². The highest BCUT2D eigenvalue weighted by Crippen LogP contribution is 1.99. The molecule has 1 N–H and O–H groups in total. The number of esters is 1. The first-order chi connectivity index (χ1) is 7.86. The highest BCUT2D eigenvalue weighted by atomic mass is 127. The minimum absolute atomic E-state index is 0.0202. The van der Waals surface area contributed by atoms with Gasteiger partial charge in [-0.2, -0.15) is 0 Å². The van der Waals surface area contributed by atoms with E-state index in [9.17, 15) is 14.4 Å². The van der Waals surface area contributed by atoms with Gasteiger partial charge in [-0.1, -0.05) is 29.2 Å². The lowest BCUT2D eigenvalue weighted by atomic mass is 10.1. The van der Waals surface area contributed by atoms with Crippen LogP contribution in [0.15, 0.2) is 12.2 Å². The molecule has 6 heteroatoms. The lowest BCUT2D eigenvalue weighted by Crippen LogP contribution is -2.40. The number of amides is 1. The number of ether oxygens (including phenoxy) is 1. The molecule has 1 amide bonds. The van der Waals surface area contributed by atoms with E-state index in [4.69, 9.17) is 4.74 Å². The molecule has 0 spiro atoms. The van der Waals surface area contributed by atoms with Gasteiger partial charge in [0.15, 0.2) is 0 Å². The van der Waals surface area contributed by atoms with Crippen LogP contribution in [0.2, 0.25) is 0 Å². The van der Waals surface area contributed by atoms with Crippen molar-refractivity contribution in [3.8, 4) is 0 Å². The normalized spacial score (nSPS) is 11.5. The molecule has 0 aromatic rings. The van der Waals surface area contributed by atoms with Crippen LogP contribution in [0.25, 0.3) is 0 Å². The fraction of sp³-hybridized carbons (Fsp3) is 0.545. The summed E-state index contributed by atoms with van der Waals surface area (Å²) in [6.45, 7) is 6.37. The van der Waals surface area contributed by atoms with Crippen molar-refractivity contribution in [1.29, 1.82) is 0 Å². The molecule has 0 aliphatic rings. The van der Waals surface area contributed by atoms with Crippen LogP contribution in [-0.2, 0) is 19.1 Å². The van der Waals surface area contributed by atoms with Crippen molar-refractivity contribution in [1.82, 2.24) is 5.32 Å². The predicted octanol–water partition coefficient (Wildman–Crippen LogP) is 1.00. The first-order valence-corrected chi connectivity index (χ1v) is 6.56. The highest BCUT2D eigenvalue weighted by Gasteiger charge is 2.16. The van der Waals surface area contributed by atoms with Crippen LogP contribution < -0.4 is 5.32 Å². The fourth-order valence-corrected chi connectivity index (χ4v) is 1.28. The minimum Gasteiger partial charge on any atom is -0.460 e. The number of nitrogens with one attached hydrogen (secondary N) is 1. The Morgan fingerprint density at radius 3 is 2.35 bits per heavy atom. The summed E-state index contributed by atoms with van der Waals surface area (Å²) in [6, 6.07) is -0.474. The molecule has 0 rings (SSSR count). The van der Waals surface area contributed by atoms with Crippen molar-refractivity contribution in [2.24, 2.45) is 0 Å². The molecule has 17 heavy (non-hydrogen) atoms. The summed E-state index contributed by atoms with van der Waals surface area (Å²) < 4.78 is 5.20. The van der Waals surface area contributed by atoms with E-state index in [0.29, 0.717) is 4.43 Å². The highest BCUT2D eigenvalue weighted by molar-refractivity contribution is 14.1. The molecule has 0 heterocycles. The molecule has 0 bridgehead atoms. The molecule has 0 radical (unpaired) electrons. The van der Waals surface area contributed by atoms with Gasteiger partial charge >= 0.3 is 5.97 Å². The average Bonchev–Trinajstić information content (AvgIpc) is 2.24. The van der Waals surface area contributed by atoms with Crippen molar-refractivity contribution in [2.45, 2.75) is 26.3 Å². The Morgan fingerprint density at radius 1 is 1.35 bits per heavy atom. The molecule has 96 valence electrons. The Balaban J connectivity index is 4.28. The van der Waals surface area contributed by atoms with Crippen molar-refractivity contribution < 1.29 is 19.1 Å². The molecular formula is C11H16INO4. The van der Waals surface area contributed by atoms with Gasteiger partial charge in [0.25, 0.3) is 0 Å². The number of carbonyl (C=O) groups is 3. The summed E-state index contributed by atoms with van der Waals surface area (Å²) in [5.74, 6) is -0.791. The molecule has 0 aliphatic heterocycles. The molecule has 0 aromatic carbocycles. The van der Waals surface area contributed by atoms with Gasteiger partial charge in [0, 0.05) is 12.0 Å². The molecular weight excluding hydrogens is 337 g/mol. The number of Topliss-reactive ketones (excluding diaryl/α,β-unsaturated/α-hetero) is 1.